The summed E-state index contributed by atoms with van der Waals surface area (Å²) in [7, 11) is 0. The molecule has 0 aliphatic carbocycles. The lowest BCUT2D eigenvalue weighted by atomic mass is 10.2. The van der Waals surface area contributed by atoms with Gasteiger partial charge in [-0.25, -0.2) is 9.36 Å². The van der Waals surface area contributed by atoms with Crippen molar-refractivity contribution in [1.82, 2.24) is 4.57 Å². The Kier molecular flexibility index (Phi) is 6.18. The number of ether oxygens (including phenoxy) is 1. The summed E-state index contributed by atoms with van der Waals surface area (Å²) >= 11 is 0. The smallest absolute Gasteiger partial charge is 0.310 e. The number of benzene rings is 1. The number of hydrogen-bond acceptors (Lipinski definition) is 3. The number of halogens is 1. The van der Waals surface area contributed by atoms with Gasteiger partial charge in [-0.15, -0.1) is 0 Å². The largest absolute Gasteiger partial charge is 1.00 e. The minimum atomic E-state index is -0.0148. The fourth-order valence-electron chi connectivity index (χ4n) is 1.69. The van der Waals surface area contributed by atoms with E-state index in [9.17, 15) is 4.79 Å². The van der Waals surface area contributed by atoms with Crippen molar-refractivity contribution >= 4 is 5.91 Å². The molecule has 5 nitrogen and oxygen atoms in total. The third-order valence-electron chi connectivity index (χ3n) is 2.65. The molecule has 0 bridgehead atoms. The summed E-state index contributed by atoms with van der Waals surface area (Å²) in [5.41, 5.74) is 1.09. The molecular formula is C14H14IN3O2. The van der Waals surface area contributed by atoms with E-state index < -0.39 is 0 Å². The first-order valence-corrected chi connectivity index (χ1v) is 5.85. The van der Waals surface area contributed by atoms with Crippen molar-refractivity contribution in [2.45, 2.75) is 13.5 Å². The van der Waals surface area contributed by atoms with Gasteiger partial charge in [0.2, 0.25) is 0 Å². The number of nitriles is 1. The molecule has 6 heteroatoms. The second kappa shape index (κ2) is 7.65. The number of carbonyl (C=O) groups excluding carboxylic acids is 1. The van der Waals surface area contributed by atoms with Gasteiger partial charge in [0.25, 0.3) is 6.33 Å². The van der Waals surface area contributed by atoms with Gasteiger partial charge in [-0.3, -0.25) is 0 Å². The summed E-state index contributed by atoms with van der Waals surface area (Å²) in [4.78, 5) is 11.2. The van der Waals surface area contributed by atoms with Crippen LogP contribution in [-0.2, 0) is 6.54 Å². The summed E-state index contributed by atoms with van der Waals surface area (Å²) in [5, 5.41) is 8.42. The van der Waals surface area contributed by atoms with Crippen molar-refractivity contribution in [2.24, 2.45) is 0 Å². The number of nitrogens with zero attached hydrogens (tertiary/aromatic N) is 3. The summed E-state index contributed by atoms with van der Waals surface area (Å²) < 4.78 is 8.63. The molecular weight excluding hydrogens is 369 g/mol. The Hall–Kier alpha value is -1.88. The zero-order valence-electron chi connectivity index (χ0n) is 11.0. The molecule has 0 spiro atoms. The molecule has 0 unspecified atom stereocenters. The highest BCUT2D eigenvalue weighted by Crippen LogP contribution is 2.11. The van der Waals surface area contributed by atoms with Crippen LogP contribution in [0.3, 0.4) is 0 Å². The van der Waals surface area contributed by atoms with Gasteiger partial charge in [-0.05, 0) is 17.7 Å². The number of carbonyl (C=O) groups is 1. The maximum absolute atomic E-state index is 11.2. The predicted octanol–water partition coefficient (Wildman–Crippen LogP) is -1.61. The third-order valence-corrected chi connectivity index (χ3v) is 2.65. The van der Waals surface area contributed by atoms with E-state index in [0.29, 0.717) is 12.3 Å². The van der Waals surface area contributed by atoms with Crippen LogP contribution in [0.2, 0.25) is 0 Å². The van der Waals surface area contributed by atoms with Crippen LogP contribution < -0.4 is 33.3 Å². The van der Waals surface area contributed by atoms with Gasteiger partial charge in [0.1, 0.15) is 30.8 Å². The lowest BCUT2D eigenvalue weighted by molar-refractivity contribution is -0.687. The lowest BCUT2D eigenvalue weighted by Crippen LogP contribution is -3.00. The minimum Gasteiger partial charge on any atom is -1.00 e. The van der Waals surface area contributed by atoms with E-state index in [2.05, 4.69) is 0 Å². The van der Waals surface area contributed by atoms with E-state index in [-0.39, 0.29) is 36.5 Å². The molecule has 0 aliphatic rings. The van der Waals surface area contributed by atoms with Crippen molar-refractivity contribution in [3.05, 3.63) is 48.5 Å². The molecule has 0 N–H and O–H groups in total. The first-order chi connectivity index (χ1) is 9.19. The molecule has 20 heavy (non-hydrogen) atoms. The Morgan fingerprint density at radius 3 is 2.65 bits per heavy atom. The molecule has 1 heterocycles. The summed E-state index contributed by atoms with van der Waals surface area (Å²) in [6, 6.07) is 9.45. The fourth-order valence-corrected chi connectivity index (χ4v) is 1.69. The van der Waals surface area contributed by atoms with Crippen LogP contribution in [0.25, 0.3) is 0 Å². The number of hydrogen-bond donors (Lipinski definition) is 0. The number of imidazole rings is 1. The molecule has 0 fully saturated rings. The van der Waals surface area contributed by atoms with Gasteiger partial charge in [0.05, 0.1) is 0 Å². The van der Waals surface area contributed by atoms with E-state index in [0.717, 1.165) is 5.56 Å². The normalized spacial score (nSPS) is 9.40. The fraction of sp³-hybridized carbons (Fsp3) is 0.214. The van der Waals surface area contributed by atoms with Gasteiger partial charge in [0, 0.05) is 6.92 Å². The van der Waals surface area contributed by atoms with E-state index in [4.69, 9.17) is 10.00 Å². The molecule has 1 aromatic heterocycles. The van der Waals surface area contributed by atoms with Gasteiger partial charge >= 0.3 is 5.91 Å². The standard InChI is InChI=1S/C14H14N3O2.HI/c1-12(18)17-8-7-16(11-17)10-13-2-4-14(5-3-13)19-9-6-15;/h2-5,7-8,11H,9-10H2,1H3;1H/q+1;/p-1. The Balaban J connectivity index is 0.00000200. The van der Waals surface area contributed by atoms with Crippen molar-refractivity contribution < 1.29 is 38.1 Å². The highest BCUT2D eigenvalue weighted by atomic mass is 127. The van der Waals surface area contributed by atoms with Crippen LogP contribution in [0.15, 0.2) is 43.0 Å². The number of rotatable bonds is 4. The second-order valence-corrected chi connectivity index (χ2v) is 4.10. The first kappa shape index (κ1) is 16.2. The molecule has 0 amide bonds. The molecule has 104 valence electrons. The summed E-state index contributed by atoms with van der Waals surface area (Å²) in [5.74, 6) is 0.663. The minimum absolute atomic E-state index is 0. The van der Waals surface area contributed by atoms with Crippen LogP contribution in [0.5, 0.6) is 5.75 Å². The van der Waals surface area contributed by atoms with E-state index in [1.165, 1.54) is 11.5 Å². The topological polar surface area (TPSA) is 58.9 Å². The monoisotopic (exact) mass is 383 g/mol. The van der Waals surface area contributed by atoms with Gasteiger partial charge in [-0.1, -0.05) is 12.1 Å². The van der Waals surface area contributed by atoms with Gasteiger partial charge in [0.15, 0.2) is 6.61 Å². The molecule has 0 radical (unpaired) electrons. The van der Waals surface area contributed by atoms with E-state index in [1.54, 1.807) is 12.5 Å². The average molecular weight is 383 g/mol. The van der Waals surface area contributed by atoms with Crippen LogP contribution in [0.4, 0.5) is 0 Å². The highest BCUT2D eigenvalue weighted by Gasteiger charge is 2.07. The molecule has 1 aromatic carbocycles. The Bertz CT molecular complexity index is 614. The molecule has 0 atom stereocenters. The lowest BCUT2D eigenvalue weighted by Gasteiger charge is -2.02. The van der Waals surface area contributed by atoms with Crippen LogP contribution in [0.1, 0.15) is 17.3 Å². The van der Waals surface area contributed by atoms with Crippen molar-refractivity contribution in [2.75, 3.05) is 6.61 Å². The SMILES string of the molecule is CC(=O)n1cc[n+](Cc2ccc(OCC#N)cc2)c1.[I-]. The van der Waals surface area contributed by atoms with Crippen molar-refractivity contribution in [3.8, 4) is 11.8 Å². The predicted molar refractivity (Wildman–Crippen MR) is 67.6 cm³/mol. The van der Waals surface area contributed by atoms with Crippen LogP contribution in [0, 0.1) is 11.3 Å². The Morgan fingerprint density at radius 1 is 1.40 bits per heavy atom. The van der Waals surface area contributed by atoms with Crippen molar-refractivity contribution in [3.63, 3.8) is 0 Å². The molecule has 0 aliphatic heterocycles. The van der Waals surface area contributed by atoms with Crippen molar-refractivity contribution in [1.29, 1.82) is 5.26 Å². The Labute approximate surface area is 134 Å². The molecule has 2 rings (SSSR count). The van der Waals surface area contributed by atoms with Gasteiger partial charge < -0.3 is 28.7 Å². The first-order valence-electron chi connectivity index (χ1n) is 5.85. The maximum Gasteiger partial charge on any atom is 0.310 e. The highest BCUT2D eigenvalue weighted by molar-refractivity contribution is 5.75. The summed E-state index contributed by atoms with van der Waals surface area (Å²) in [6.07, 6.45) is 5.33. The van der Waals surface area contributed by atoms with Crippen LogP contribution >= 0.6 is 0 Å². The van der Waals surface area contributed by atoms with E-state index in [1.807, 2.05) is 41.1 Å². The van der Waals surface area contributed by atoms with E-state index >= 15 is 0 Å². The Morgan fingerprint density at radius 2 is 2.10 bits per heavy atom. The third kappa shape index (κ3) is 4.35. The molecule has 2 aromatic rings. The molecule has 0 saturated heterocycles. The quantitative estimate of drug-likeness (QED) is 0.472. The molecule has 0 saturated carbocycles. The number of aromatic nitrogens is 2. The zero-order valence-corrected chi connectivity index (χ0v) is 13.1. The zero-order chi connectivity index (χ0) is 13.7. The average Bonchev–Trinajstić information content (AvgIpc) is 2.87. The maximum atomic E-state index is 11.2. The second-order valence-electron chi connectivity index (χ2n) is 4.10. The van der Waals surface area contributed by atoms with Gasteiger partial charge in [-0.2, -0.15) is 9.83 Å². The summed E-state index contributed by atoms with van der Waals surface area (Å²) in [6.45, 7) is 2.25. The van der Waals surface area contributed by atoms with Crippen LogP contribution in [-0.4, -0.2) is 17.1 Å².